The normalized spacial score (nSPS) is 37.6. The van der Waals surface area contributed by atoms with Gasteiger partial charge >= 0.3 is 5.97 Å². The van der Waals surface area contributed by atoms with Crippen molar-refractivity contribution in [1.82, 2.24) is 0 Å². The van der Waals surface area contributed by atoms with Crippen molar-refractivity contribution in [2.75, 3.05) is 7.11 Å². The summed E-state index contributed by atoms with van der Waals surface area (Å²) in [6.45, 7) is 0. The number of hydrogen-bond acceptors (Lipinski definition) is 4. The van der Waals surface area contributed by atoms with Crippen LogP contribution in [0.5, 0.6) is 0 Å². The summed E-state index contributed by atoms with van der Waals surface area (Å²) in [4.78, 5) is 22.8. The van der Waals surface area contributed by atoms with Crippen molar-refractivity contribution in [3.05, 3.63) is 0 Å². The number of ether oxygens (including phenoxy) is 1. The van der Waals surface area contributed by atoms with Crippen molar-refractivity contribution in [3.63, 3.8) is 0 Å². The highest BCUT2D eigenvalue weighted by Crippen LogP contribution is 2.45. The summed E-state index contributed by atoms with van der Waals surface area (Å²) in [6.07, 6.45) is 2.62. The summed E-state index contributed by atoms with van der Waals surface area (Å²) in [5.41, 5.74) is 0. The van der Waals surface area contributed by atoms with Crippen LogP contribution in [0.2, 0.25) is 0 Å². The number of methoxy groups -OCH3 is 1. The Kier molecular flexibility index (Phi) is 2.32. The minimum Gasteiger partial charge on any atom is -0.468 e. The number of Topliss-reactive ketones (excluding diaryl/α,β-unsaturated/α-hetero) is 1. The lowest BCUT2D eigenvalue weighted by atomic mass is 9.98. The Labute approximate surface area is 81.2 Å². The van der Waals surface area contributed by atoms with Gasteiger partial charge in [-0.15, -0.1) is 0 Å². The number of thioether (sulfide) groups is 1. The summed E-state index contributed by atoms with van der Waals surface area (Å²) in [7, 11) is 1.35. The van der Waals surface area contributed by atoms with E-state index >= 15 is 0 Å². The highest BCUT2D eigenvalue weighted by Gasteiger charge is 2.45. The van der Waals surface area contributed by atoms with Crippen molar-refractivity contribution in [1.29, 1.82) is 0 Å². The molecule has 0 radical (unpaired) electrons. The van der Waals surface area contributed by atoms with Gasteiger partial charge in [0.1, 0.15) is 11.7 Å². The SMILES string of the molecule is COC(=O)C1C(=O)CC2CCC1S2. The molecular formula is C9H12O3S. The van der Waals surface area contributed by atoms with Crippen molar-refractivity contribution < 1.29 is 14.3 Å². The first-order chi connectivity index (χ1) is 6.22. The average Bonchev–Trinajstić information content (AvgIpc) is 2.48. The second-order valence-electron chi connectivity index (χ2n) is 3.55. The van der Waals surface area contributed by atoms with Gasteiger partial charge in [0.2, 0.25) is 0 Å². The summed E-state index contributed by atoms with van der Waals surface area (Å²) >= 11 is 1.79. The first-order valence-electron chi connectivity index (χ1n) is 4.48. The molecule has 13 heavy (non-hydrogen) atoms. The van der Waals surface area contributed by atoms with Crippen molar-refractivity contribution >= 4 is 23.5 Å². The molecule has 2 heterocycles. The molecule has 2 rings (SSSR count). The van der Waals surface area contributed by atoms with Gasteiger partial charge in [0.05, 0.1) is 7.11 Å². The third-order valence-electron chi connectivity index (χ3n) is 2.74. The lowest BCUT2D eigenvalue weighted by molar-refractivity contribution is -0.149. The molecule has 2 aliphatic rings. The fourth-order valence-corrected chi connectivity index (χ4v) is 3.82. The van der Waals surface area contributed by atoms with Crippen LogP contribution in [0.25, 0.3) is 0 Å². The maximum Gasteiger partial charge on any atom is 0.317 e. The van der Waals surface area contributed by atoms with E-state index in [9.17, 15) is 9.59 Å². The predicted octanol–water partition coefficient (Wildman–Crippen LogP) is 1.01. The molecule has 0 N–H and O–H groups in total. The summed E-state index contributed by atoms with van der Waals surface area (Å²) in [6, 6.07) is 0. The van der Waals surface area contributed by atoms with Crippen molar-refractivity contribution in [2.45, 2.75) is 29.8 Å². The molecule has 0 spiro atoms. The van der Waals surface area contributed by atoms with Gasteiger partial charge in [-0.1, -0.05) is 0 Å². The van der Waals surface area contributed by atoms with Gasteiger partial charge in [-0.3, -0.25) is 9.59 Å². The molecule has 0 aromatic rings. The lowest BCUT2D eigenvalue weighted by Gasteiger charge is -2.24. The molecule has 0 aromatic carbocycles. The van der Waals surface area contributed by atoms with Gasteiger partial charge in [0, 0.05) is 16.9 Å². The third kappa shape index (κ3) is 1.47. The standard InChI is InChI=1S/C9H12O3S/c1-12-9(11)8-6(10)4-5-2-3-7(8)13-5/h5,7-8H,2-4H2,1H3. The zero-order chi connectivity index (χ0) is 9.42. The highest BCUT2D eigenvalue weighted by atomic mass is 32.2. The highest BCUT2D eigenvalue weighted by molar-refractivity contribution is 8.01. The Balaban J connectivity index is 2.16. The number of carbonyl (C=O) groups excluding carboxylic acids is 2. The van der Waals surface area contributed by atoms with E-state index in [4.69, 9.17) is 0 Å². The number of fused-ring (bicyclic) bond motifs is 2. The molecule has 2 fully saturated rings. The fourth-order valence-electron chi connectivity index (χ4n) is 2.10. The van der Waals surface area contributed by atoms with E-state index in [0.717, 1.165) is 12.8 Å². The summed E-state index contributed by atoms with van der Waals surface area (Å²) in [5, 5.41) is 0.664. The Morgan fingerprint density at radius 1 is 1.54 bits per heavy atom. The van der Waals surface area contributed by atoms with Crippen molar-refractivity contribution in [2.24, 2.45) is 5.92 Å². The molecule has 72 valence electrons. The zero-order valence-corrected chi connectivity index (χ0v) is 8.30. The first kappa shape index (κ1) is 9.06. The molecule has 2 bridgehead atoms. The Hall–Kier alpha value is -0.510. The molecule has 3 atom stereocenters. The van der Waals surface area contributed by atoms with Gasteiger partial charge in [-0.25, -0.2) is 0 Å². The Morgan fingerprint density at radius 3 is 3.00 bits per heavy atom. The van der Waals surface area contributed by atoms with E-state index in [-0.39, 0.29) is 17.0 Å². The molecule has 2 aliphatic heterocycles. The molecule has 4 heteroatoms. The number of rotatable bonds is 1. The van der Waals surface area contributed by atoms with E-state index in [1.807, 2.05) is 0 Å². The van der Waals surface area contributed by atoms with Gasteiger partial charge in [0.15, 0.2) is 0 Å². The number of ketones is 1. The van der Waals surface area contributed by atoms with E-state index in [1.54, 1.807) is 11.8 Å². The Bertz CT molecular complexity index is 251. The molecule has 0 saturated carbocycles. The van der Waals surface area contributed by atoms with E-state index in [0.29, 0.717) is 11.7 Å². The zero-order valence-electron chi connectivity index (χ0n) is 7.49. The van der Waals surface area contributed by atoms with Crippen LogP contribution < -0.4 is 0 Å². The number of carbonyl (C=O) groups is 2. The molecule has 3 nitrogen and oxygen atoms in total. The maximum absolute atomic E-state index is 11.5. The smallest absolute Gasteiger partial charge is 0.317 e. The van der Waals surface area contributed by atoms with Crippen LogP contribution in [-0.4, -0.2) is 29.4 Å². The number of esters is 1. The molecular weight excluding hydrogens is 188 g/mol. The topological polar surface area (TPSA) is 43.4 Å². The Morgan fingerprint density at radius 2 is 2.31 bits per heavy atom. The van der Waals surface area contributed by atoms with Gasteiger partial charge in [-0.05, 0) is 12.8 Å². The average molecular weight is 200 g/mol. The number of hydrogen-bond donors (Lipinski definition) is 0. The maximum atomic E-state index is 11.5. The van der Waals surface area contributed by atoms with Crippen LogP contribution in [0.4, 0.5) is 0 Å². The van der Waals surface area contributed by atoms with Crippen LogP contribution >= 0.6 is 11.8 Å². The first-order valence-corrected chi connectivity index (χ1v) is 5.42. The summed E-state index contributed by atoms with van der Waals surface area (Å²) in [5.74, 6) is -0.741. The molecule has 0 amide bonds. The quantitative estimate of drug-likeness (QED) is 0.468. The van der Waals surface area contributed by atoms with Gasteiger partial charge in [0.25, 0.3) is 0 Å². The van der Waals surface area contributed by atoms with Crippen LogP contribution in [0, 0.1) is 5.92 Å². The van der Waals surface area contributed by atoms with Crippen LogP contribution in [0.3, 0.4) is 0 Å². The van der Waals surface area contributed by atoms with E-state index < -0.39 is 5.92 Å². The molecule has 0 aromatic heterocycles. The minimum absolute atomic E-state index is 0.0816. The van der Waals surface area contributed by atoms with Gasteiger partial charge in [-0.2, -0.15) is 11.8 Å². The second-order valence-corrected chi connectivity index (χ2v) is 5.09. The fraction of sp³-hybridized carbons (Fsp3) is 0.778. The molecule has 0 aliphatic carbocycles. The van der Waals surface area contributed by atoms with Crippen LogP contribution in [0.1, 0.15) is 19.3 Å². The largest absolute Gasteiger partial charge is 0.468 e. The third-order valence-corrected chi connectivity index (χ3v) is 4.39. The second kappa shape index (κ2) is 3.33. The van der Waals surface area contributed by atoms with E-state index in [1.165, 1.54) is 7.11 Å². The van der Waals surface area contributed by atoms with Crippen LogP contribution in [-0.2, 0) is 14.3 Å². The van der Waals surface area contributed by atoms with Crippen LogP contribution in [0.15, 0.2) is 0 Å². The van der Waals surface area contributed by atoms with E-state index in [2.05, 4.69) is 4.74 Å². The monoisotopic (exact) mass is 200 g/mol. The molecule has 2 saturated heterocycles. The van der Waals surface area contributed by atoms with Gasteiger partial charge < -0.3 is 4.74 Å². The van der Waals surface area contributed by atoms with Crippen molar-refractivity contribution in [3.8, 4) is 0 Å². The predicted molar refractivity (Wildman–Crippen MR) is 49.5 cm³/mol. The minimum atomic E-state index is -0.478. The molecule has 3 unspecified atom stereocenters. The lowest BCUT2D eigenvalue weighted by Crippen LogP contribution is -2.36. The summed E-state index contributed by atoms with van der Waals surface area (Å²) < 4.78 is 4.64.